The standard InChI is InChI=1S/C16H31N/c1-6-9-17-12-14-7-8-16(4,5)11-15(14)10-13(2)3/h14-15,17H,2,6-12H2,1,3-5H3. The second kappa shape index (κ2) is 6.58. The Kier molecular flexibility index (Phi) is 5.72. The zero-order valence-corrected chi connectivity index (χ0v) is 12.3. The van der Waals surface area contributed by atoms with Gasteiger partial charge in [0.25, 0.3) is 0 Å². The maximum atomic E-state index is 4.11. The molecule has 17 heavy (non-hydrogen) atoms. The molecule has 1 rings (SSSR count). The topological polar surface area (TPSA) is 12.0 Å². The van der Waals surface area contributed by atoms with Crippen molar-refractivity contribution in [3.05, 3.63) is 12.2 Å². The highest BCUT2D eigenvalue weighted by atomic mass is 14.9. The molecule has 0 amide bonds. The van der Waals surface area contributed by atoms with Crippen molar-refractivity contribution in [2.75, 3.05) is 13.1 Å². The Morgan fingerprint density at radius 2 is 2.06 bits per heavy atom. The molecular weight excluding hydrogens is 206 g/mol. The Hall–Kier alpha value is -0.300. The molecule has 1 saturated carbocycles. The van der Waals surface area contributed by atoms with Crippen molar-refractivity contribution in [1.29, 1.82) is 0 Å². The summed E-state index contributed by atoms with van der Waals surface area (Å²) in [6.07, 6.45) is 6.61. The molecule has 1 aliphatic rings. The van der Waals surface area contributed by atoms with Gasteiger partial charge in [-0.05, 0) is 69.4 Å². The first kappa shape index (κ1) is 14.8. The van der Waals surface area contributed by atoms with Gasteiger partial charge in [0, 0.05) is 0 Å². The highest BCUT2D eigenvalue weighted by Crippen LogP contribution is 2.43. The van der Waals surface area contributed by atoms with Crippen LogP contribution in [0, 0.1) is 17.3 Å². The van der Waals surface area contributed by atoms with Crippen LogP contribution in [0.25, 0.3) is 0 Å². The first-order chi connectivity index (χ1) is 7.94. The van der Waals surface area contributed by atoms with Crippen LogP contribution in [0.3, 0.4) is 0 Å². The molecule has 0 aromatic rings. The van der Waals surface area contributed by atoms with Gasteiger partial charge in [0.15, 0.2) is 0 Å². The summed E-state index contributed by atoms with van der Waals surface area (Å²) in [4.78, 5) is 0. The van der Waals surface area contributed by atoms with E-state index in [0.29, 0.717) is 5.41 Å². The lowest BCUT2D eigenvalue weighted by Gasteiger charge is -2.41. The number of allylic oxidation sites excluding steroid dienone is 1. The van der Waals surface area contributed by atoms with Crippen molar-refractivity contribution >= 4 is 0 Å². The first-order valence-corrected chi connectivity index (χ1v) is 7.29. The van der Waals surface area contributed by atoms with E-state index in [1.54, 1.807) is 0 Å². The van der Waals surface area contributed by atoms with Crippen molar-refractivity contribution in [2.24, 2.45) is 17.3 Å². The molecule has 1 heteroatoms. The molecule has 0 spiro atoms. The third-order valence-electron chi connectivity index (χ3n) is 4.12. The van der Waals surface area contributed by atoms with E-state index in [-0.39, 0.29) is 0 Å². The Morgan fingerprint density at radius 3 is 2.65 bits per heavy atom. The first-order valence-electron chi connectivity index (χ1n) is 7.29. The summed E-state index contributed by atoms with van der Waals surface area (Å²) in [7, 11) is 0. The van der Waals surface area contributed by atoms with Crippen LogP contribution < -0.4 is 5.32 Å². The molecule has 100 valence electrons. The maximum absolute atomic E-state index is 4.11. The van der Waals surface area contributed by atoms with Crippen molar-refractivity contribution < 1.29 is 0 Å². The predicted octanol–water partition coefficient (Wildman–Crippen LogP) is 4.39. The van der Waals surface area contributed by atoms with Gasteiger partial charge in [-0.15, -0.1) is 6.58 Å². The van der Waals surface area contributed by atoms with Crippen LogP contribution in [0.2, 0.25) is 0 Å². The minimum absolute atomic E-state index is 0.543. The van der Waals surface area contributed by atoms with E-state index >= 15 is 0 Å². The summed E-state index contributed by atoms with van der Waals surface area (Å²) in [6, 6.07) is 0. The molecule has 0 radical (unpaired) electrons. The normalized spacial score (nSPS) is 28.0. The third-order valence-corrected chi connectivity index (χ3v) is 4.12. The lowest BCUT2D eigenvalue weighted by atomic mass is 9.65. The van der Waals surface area contributed by atoms with Crippen LogP contribution in [-0.4, -0.2) is 13.1 Å². The van der Waals surface area contributed by atoms with Gasteiger partial charge in [-0.1, -0.05) is 26.3 Å². The average Bonchev–Trinajstić information content (AvgIpc) is 2.20. The molecule has 2 unspecified atom stereocenters. The fourth-order valence-electron chi connectivity index (χ4n) is 3.21. The number of rotatable bonds is 6. The van der Waals surface area contributed by atoms with Crippen LogP contribution >= 0.6 is 0 Å². The maximum Gasteiger partial charge on any atom is -0.00177 e. The zero-order chi connectivity index (χ0) is 12.9. The average molecular weight is 237 g/mol. The van der Waals surface area contributed by atoms with E-state index < -0.39 is 0 Å². The van der Waals surface area contributed by atoms with Crippen molar-refractivity contribution in [3.8, 4) is 0 Å². The highest BCUT2D eigenvalue weighted by Gasteiger charge is 2.34. The number of nitrogens with one attached hydrogen (secondary N) is 1. The molecule has 0 bridgehead atoms. The van der Waals surface area contributed by atoms with Gasteiger partial charge < -0.3 is 5.32 Å². The van der Waals surface area contributed by atoms with Crippen molar-refractivity contribution in [1.82, 2.24) is 5.32 Å². The number of hydrogen-bond acceptors (Lipinski definition) is 1. The SMILES string of the molecule is C=C(C)CC1CC(C)(C)CCC1CNCCC. The minimum atomic E-state index is 0.543. The predicted molar refractivity (Wildman–Crippen MR) is 77.2 cm³/mol. The van der Waals surface area contributed by atoms with Crippen LogP contribution in [0.4, 0.5) is 0 Å². The molecule has 0 aromatic carbocycles. The van der Waals surface area contributed by atoms with E-state index in [2.05, 4.69) is 39.6 Å². The smallest absolute Gasteiger partial charge is 0.00177 e. The van der Waals surface area contributed by atoms with Gasteiger partial charge in [-0.25, -0.2) is 0 Å². The summed E-state index contributed by atoms with van der Waals surface area (Å²) >= 11 is 0. The summed E-state index contributed by atoms with van der Waals surface area (Å²) in [5.74, 6) is 1.71. The summed E-state index contributed by atoms with van der Waals surface area (Å²) in [6.45, 7) is 15.8. The van der Waals surface area contributed by atoms with Crippen molar-refractivity contribution in [3.63, 3.8) is 0 Å². The second-order valence-electron chi connectivity index (χ2n) is 6.79. The zero-order valence-electron chi connectivity index (χ0n) is 12.3. The molecular formula is C16H31N. The van der Waals surface area contributed by atoms with Gasteiger partial charge in [0.2, 0.25) is 0 Å². The lowest BCUT2D eigenvalue weighted by Crippen LogP contribution is -2.36. The van der Waals surface area contributed by atoms with Gasteiger partial charge in [0.05, 0.1) is 0 Å². The van der Waals surface area contributed by atoms with E-state index in [1.807, 2.05) is 0 Å². The highest BCUT2D eigenvalue weighted by molar-refractivity contribution is 4.96. The summed E-state index contributed by atoms with van der Waals surface area (Å²) in [5, 5.41) is 3.61. The van der Waals surface area contributed by atoms with E-state index in [1.165, 1.54) is 50.8 Å². The third kappa shape index (κ3) is 5.25. The molecule has 0 aromatic heterocycles. The Morgan fingerprint density at radius 1 is 1.35 bits per heavy atom. The van der Waals surface area contributed by atoms with Crippen molar-refractivity contribution in [2.45, 2.75) is 59.8 Å². The fraction of sp³-hybridized carbons (Fsp3) is 0.875. The summed E-state index contributed by atoms with van der Waals surface area (Å²) in [5.41, 5.74) is 1.90. The van der Waals surface area contributed by atoms with Crippen LogP contribution in [-0.2, 0) is 0 Å². The summed E-state index contributed by atoms with van der Waals surface area (Å²) < 4.78 is 0. The molecule has 1 nitrogen and oxygen atoms in total. The molecule has 0 heterocycles. The Balaban J connectivity index is 2.51. The largest absolute Gasteiger partial charge is 0.316 e. The molecule has 0 saturated heterocycles. The van der Waals surface area contributed by atoms with Crippen LogP contribution in [0.1, 0.15) is 59.8 Å². The second-order valence-corrected chi connectivity index (χ2v) is 6.79. The molecule has 0 aliphatic heterocycles. The minimum Gasteiger partial charge on any atom is -0.316 e. The van der Waals surface area contributed by atoms with Gasteiger partial charge >= 0.3 is 0 Å². The fourth-order valence-corrected chi connectivity index (χ4v) is 3.21. The molecule has 2 atom stereocenters. The molecule has 1 fully saturated rings. The van der Waals surface area contributed by atoms with Crippen LogP contribution in [0.5, 0.6) is 0 Å². The Labute approximate surface area is 108 Å². The van der Waals surface area contributed by atoms with Crippen LogP contribution in [0.15, 0.2) is 12.2 Å². The monoisotopic (exact) mass is 237 g/mol. The van der Waals surface area contributed by atoms with Gasteiger partial charge in [-0.2, -0.15) is 0 Å². The Bertz CT molecular complexity index is 242. The van der Waals surface area contributed by atoms with E-state index in [9.17, 15) is 0 Å². The van der Waals surface area contributed by atoms with E-state index in [0.717, 1.165) is 11.8 Å². The molecule has 1 aliphatic carbocycles. The number of hydrogen-bond donors (Lipinski definition) is 1. The van der Waals surface area contributed by atoms with E-state index in [4.69, 9.17) is 0 Å². The van der Waals surface area contributed by atoms with Gasteiger partial charge in [0.1, 0.15) is 0 Å². The lowest BCUT2D eigenvalue weighted by molar-refractivity contribution is 0.116. The van der Waals surface area contributed by atoms with Gasteiger partial charge in [-0.3, -0.25) is 0 Å². The molecule has 1 N–H and O–H groups in total. The quantitative estimate of drug-likeness (QED) is 0.533.